The van der Waals surface area contributed by atoms with Crippen molar-refractivity contribution in [2.75, 3.05) is 13.1 Å². The van der Waals surface area contributed by atoms with Gasteiger partial charge >= 0.3 is 0 Å². The molecule has 0 aromatic heterocycles. The molecule has 136 valence electrons. The second-order valence-electron chi connectivity index (χ2n) is 8.03. The molecule has 5 rings (SSSR count). The van der Waals surface area contributed by atoms with Gasteiger partial charge in [-0.15, -0.1) is 0 Å². The maximum Gasteiger partial charge on any atom is 0.123 e. The molecular formula is C22H24FNO2. The second kappa shape index (κ2) is 6.45. The first-order chi connectivity index (χ1) is 12.7. The van der Waals surface area contributed by atoms with Gasteiger partial charge < -0.3 is 9.84 Å². The number of aliphatic hydroxyl groups excluding tert-OH is 1. The molecule has 0 aliphatic carbocycles. The normalized spacial score (nSPS) is 36.2. The van der Waals surface area contributed by atoms with Crippen LogP contribution in [0, 0.1) is 17.7 Å². The Labute approximate surface area is 153 Å². The molecule has 26 heavy (non-hydrogen) atoms. The van der Waals surface area contributed by atoms with Crippen molar-refractivity contribution >= 4 is 0 Å². The van der Waals surface area contributed by atoms with E-state index >= 15 is 0 Å². The zero-order chi connectivity index (χ0) is 17.7. The van der Waals surface area contributed by atoms with Gasteiger partial charge in [0.05, 0.1) is 18.3 Å². The minimum Gasteiger partial charge on any atom is -0.390 e. The minimum atomic E-state index is -0.400. The molecule has 0 spiro atoms. The number of likely N-dealkylation sites (tertiary alicyclic amines) is 1. The molecule has 3 saturated heterocycles. The van der Waals surface area contributed by atoms with E-state index in [9.17, 15) is 9.50 Å². The number of ether oxygens (including phenoxy) is 1. The maximum absolute atomic E-state index is 13.3. The van der Waals surface area contributed by atoms with Crippen LogP contribution in [0.15, 0.2) is 54.6 Å². The Morgan fingerprint density at radius 2 is 1.73 bits per heavy atom. The SMILES string of the molecule is O[C@H]1[C@@H]2CN(Cc3ccccc3)C[C@@H]2[C@@H]2O[C@H]1C[C@@H]2c1ccc(F)cc1. The van der Waals surface area contributed by atoms with Crippen molar-refractivity contribution in [3.8, 4) is 0 Å². The average molecular weight is 353 g/mol. The Kier molecular flexibility index (Phi) is 4.07. The van der Waals surface area contributed by atoms with Crippen LogP contribution in [0.3, 0.4) is 0 Å². The third-order valence-electron chi connectivity index (χ3n) is 6.49. The van der Waals surface area contributed by atoms with E-state index < -0.39 is 6.10 Å². The summed E-state index contributed by atoms with van der Waals surface area (Å²) in [5.41, 5.74) is 2.44. The lowest BCUT2D eigenvalue weighted by atomic mass is 9.81. The Balaban J connectivity index is 1.37. The summed E-state index contributed by atoms with van der Waals surface area (Å²) in [6, 6.07) is 17.3. The van der Waals surface area contributed by atoms with Crippen molar-refractivity contribution < 1.29 is 14.2 Å². The highest BCUT2D eigenvalue weighted by molar-refractivity contribution is 5.26. The Hall–Kier alpha value is -1.75. The minimum absolute atomic E-state index is 0.0898. The molecular weight excluding hydrogens is 329 g/mol. The Bertz CT molecular complexity index is 765. The summed E-state index contributed by atoms with van der Waals surface area (Å²) in [6.07, 6.45) is 0.471. The zero-order valence-electron chi connectivity index (χ0n) is 14.7. The van der Waals surface area contributed by atoms with Gasteiger partial charge in [0.2, 0.25) is 0 Å². The van der Waals surface area contributed by atoms with Crippen molar-refractivity contribution in [2.24, 2.45) is 11.8 Å². The molecule has 0 radical (unpaired) electrons. The topological polar surface area (TPSA) is 32.7 Å². The van der Waals surface area contributed by atoms with E-state index in [0.29, 0.717) is 5.92 Å². The van der Waals surface area contributed by atoms with E-state index in [1.165, 1.54) is 17.7 Å². The monoisotopic (exact) mass is 353 g/mol. The predicted octanol–water partition coefficient (Wildman–Crippen LogP) is 3.19. The Morgan fingerprint density at radius 1 is 1.00 bits per heavy atom. The van der Waals surface area contributed by atoms with Crippen LogP contribution in [-0.2, 0) is 11.3 Å². The molecule has 3 nitrogen and oxygen atoms in total. The molecule has 3 fully saturated rings. The molecule has 2 aromatic carbocycles. The zero-order valence-corrected chi connectivity index (χ0v) is 14.7. The highest BCUT2D eigenvalue weighted by atomic mass is 19.1. The number of hydrogen-bond donors (Lipinski definition) is 1. The quantitative estimate of drug-likeness (QED) is 0.920. The highest BCUT2D eigenvalue weighted by Gasteiger charge is 2.56. The molecule has 2 bridgehead atoms. The molecule has 0 saturated carbocycles. The van der Waals surface area contributed by atoms with Crippen LogP contribution in [0.4, 0.5) is 4.39 Å². The fourth-order valence-corrected chi connectivity index (χ4v) is 5.29. The molecule has 4 heteroatoms. The van der Waals surface area contributed by atoms with Crippen molar-refractivity contribution in [1.82, 2.24) is 4.90 Å². The number of nitrogens with zero attached hydrogens (tertiary/aromatic N) is 1. The van der Waals surface area contributed by atoms with Gasteiger partial charge in [-0.3, -0.25) is 4.90 Å². The van der Waals surface area contributed by atoms with Crippen LogP contribution in [-0.4, -0.2) is 41.4 Å². The lowest BCUT2D eigenvalue weighted by Crippen LogP contribution is -2.46. The first kappa shape index (κ1) is 16.4. The number of hydrogen-bond acceptors (Lipinski definition) is 3. The molecule has 3 aliphatic heterocycles. The third-order valence-corrected chi connectivity index (χ3v) is 6.49. The lowest BCUT2D eigenvalue weighted by molar-refractivity contribution is -0.126. The molecule has 3 heterocycles. The van der Waals surface area contributed by atoms with Crippen LogP contribution < -0.4 is 0 Å². The molecule has 3 aliphatic rings. The standard InChI is InChI=1S/C22H24FNO2/c23-16-8-6-15(7-9-16)17-10-20-21(25)18-12-24(13-19(18)22(17)26-20)11-14-4-2-1-3-5-14/h1-9,17-22,25H,10-13H2/t17-,18-,19+,20+,21+,22-/m1/s1. The third kappa shape index (κ3) is 2.77. The van der Waals surface area contributed by atoms with Crippen molar-refractivity contribution in [1.29, 1.82) is 0 Å². The molecule has 0 amide bonds. The van der Waals surface area contributed by atoms with E-state index in [-0.39, 0.29) is 29.9 Å². The average Bonchev–Trinajstić information content (AvgIpc) is 3.25. The fraction of sp³-hybridized carbons (Fsp3) is 0.455. The largest absolute Gasteiger partial charge is 0.390 e. The number of rotatable bonds is 3. The number of aliphatic hydroxyl groups is 1. The van der Waals surface area contributed by atoms with Crippen LogP contribution in [0.25, 0.3) is 0 Å². The van der Waals surface area contributed by atoms with Crippen LogP contribution >= 0.6 is 0 Å². The van der Waals surface area contributed by atoms with Gasteiger partial charge in [0.1, 0.15) is 5.82 Å². The van der Waals surface area contributed by atoms with Crippen LogP contribution in [0.1, 0.15) is 23.5 Å². The summed E-state index contributed by atoms with van der Waals surface area (Å²) in [5.74, 6) is 0.654. The highest BCUT2D eigenvalue weighted by Crippen LogP contribution is 2.50. The molecule has 0 unspecified atom stereocenters. The van der Waals surface area contributed by atoms with Gasteiger partial charge in [-0.2, -0.15) is 0 Å². The van der Waals surface area contributed by atoms with E-state index in [1.807, 2.05) is 18.2 Å². The molecule has 1 N–H and O–H groups in total. The molecule has 2 aromatic rings. The predicted molar refractivity (Wildman–Crippen MR) is 97.1 cm³/mol. The van der Waals surface area contributed by atoms with Crippen molar-refractivity contribution in [2.45, 2.75) is 37.2 Å². The maximum atomic E-state index is 13.3. The smallest absolute Gasteiger partial charge is 0.123 e. The summed E-state index contributed by atoms with van der Waals surface area (Å²) in [6.45, 7) is 2.79. The second-order valence-corrected chi connectivity index (χ2v) is 8.03. The summed E-state index contributed by atoms with van der Waals surface area (Å²) in [7, 11) is 0. The van der Waals surface area contributed by atoms with E-state index in [1.54, 1.807) is 0 Å². The van der Waals surface area contributed by atoms with Crippen molar-refractivity contribution in [3.05, 3.63) is 71.5 Å². The first-order valence-electron chi connectivity index (χ1n) is 9.54. The van der Waals surface area contributed by atoms with Gasteiger partial charge in [0, 0.05) is 37.4 Å². The molecule has 6 atom stereocenters. The van der Waals surface area contributed by atoms with Gasteiger partial charge in [0.25, 0.3) is 0 Å². The van der Waals surface area contributed by atoms with Crippen LogP contribution in [0.5, 0.6) is 0 Å². The van der Waals surface area contributed by atoms with E-state index in [0.717, 1.165) is 31.6 Å². The van der Waals surface area contributed by atoms with Gasteiger partial charge in [-0.25, -0.2) is 4.39 Å². The first-order valence-corrected chi connectivity index (χ1v) is 9.54. The number of benzene rings is 2. The van der Waals surface area contributed by atoms with E-state index in [4.69, 9.17) is 4.74 Å². The fourth-order valence-electron chi connectivity index (χ4n) is 5.29. The summed E-state index contributed by atoms with van der Waals surface area (Å²) < 4.78 is 19.5. The summed E-state index contributed by atoms with van der Waals surface area (Å²) >= 11 is 0. The Morgan fingerprint density at radius 3 is 2.50 bits per heavy atom. The number of fused-ring (bicyclic) bond motifs is 4. The lowest BCUT2D eigenvalue weighted by Gasteiger charge is -2.36. The van der Waals surface area contributed by atoms with Crippen molar-refractivity contribution in [3.63, 3.8) is 0 Å². The summed E-state index contributed by atoms with van der Waals surface area (Å²) in [4.78, 5) is 2.44. The van der Waals surface area contributed by atoms with E-state index in [2.05, 4.69) is 29.2 Å². The number of halogens is 1. The van der Waals surface area contributed by atoms with Gasteiger partial charge in [0.15, 0.2) is 0 Å². The van der Waals surface area contributed by atoms with Gasteiger partial charge in [-0.1, -0.05) is 42.5 Å². The van der Waals surface area contributed by atoms with Crippen LogP contribution in [0.2, 0.25) is 0 Å². The van der Waals surface area contributed by atoms with Gasteiger partial charge in [-0.05, 0) is 29.7 Å². The summed E-state index contributed by atoms with van der Waals surface area (Å²) in [5, 5.41) is 10.8.